The maximum atomic E-state index is 12.6. The van der Waals surface area contributed by atoms with Crippen molar-refractivity contribution in [2.75, 3.05) is 6.54 Å². The Hall–Kier alpha value is -2.32. The lowest BCUT2D eigenvalue weighted by atomic mass is 10.1. The van der Waals surface area contributed by atoms with Crippen LogP contribution in [0, 0.1) is 6.92 Å². The van der Waals surface area contributed by atoms with Crippen molar-refractivity contribution in [3.05, 3.63) is 65.4 Å². The molecule has 26 heavy (non-hydrogen) atoms. The third kappa shape index (κ3) is 3.76. The molecule has 0 atom stereocenters. The SMILES string of the molecule is Cc1[nH]c2ccccc2c1CCNS(=O)(=O)c1ccc(C(F)(F)F)cc1. The highest BCUT2D eigenvalue weighted by Crippen LogP contribution is 2.29. The smallest absolute Gasteiger partial charge is 0.358 e. The molecule has 0 bridgehead atoms. The van der Waals surface area contributed by atoms with Gasteiger partial charge >= 0.3 is 6.18 Å². The van der Waals surface area contributed by atoms with Crippen LogP contribution in [0.1, 0.15) is 16.8 Å². The fourth-order valence-corrected chi connectivity index (χ4v) is 3.91. The van der Waals surface area contributed by atoms with Gasteiger partial charge in [-0.2, -0.15) is 13.2 Å². The van der Waals surface area contributed by atoms with Gasteiger partial charge in [0.2, 0.25) is 10.0 Å². The summed E-state index contributed by atoms with van der Waals surface area (Å²) in [6, 6.07) is 11.2. The lowest BCUT2D eigenvalue weighted by Gasteiger charge is -2.09. The van der Waals surface area contributed by atoms with Crippen molar-refractivity contribution >= 4 is 20.9 Å². The number of aromatic amines is 1. The molecule has 0 spiro atoms. The predicted octanol–water partition coefficient (Wildman–Crippen LogP) is 4.02. The molecule has 0 aliphatic heterocycles. The highest BCUT2D eigenvalue weighted by molar-refractivity contribution is 7.89. The summed E-state index contributed by atoms with van der Waals surface area (Å²) in [4.78, 5) is 3.05. The Morgan fingerprint density at radius 3 is 2.35 bits per heavy atom. The normalized spacial score (nSPS) is 12.6. The molecule has 2 aromatic carbocycles. The Labute approximate surface area is 149 Å². The number of halogens is 3. The van der Waals surface area contributed by atoms with E-state index in [1.165, 1.54) is 0 Å². The highest BCUT2D eigenvalue weighted by atomic mass is 32.2. The van der Waals surface area contributed by atoms with Crippen LogP contribution in [-0.4, -0.2) is 19.9 Å². The number of hydrogen-bond acceptors (Lipinski definition) is 2. The molecule has 0 fully saturated rings. The molecule has 3 aromatic rings. The number of alkyl halides is 3. The Morgan fingerprint density at radius 1 is 1.04 bits per heavy atom. The van der Waals surface area contributed by atoms with Gasteiger partial charge in [0.25, 0.3) is 0 Å². The molecule has 0 saturated carbocycles. The molecular formula is C18H17F3N2O2S. The first-order chi connectivity index (χ1) is 12.2. The molecule has 8 heteroatoms. The predicted molar refractivity (Wildman–Crippen MR) is 93.4 cm³/mol. The molecule has 4 nitrogen and oxygen atoms in total. The van der Waals surface area contributed by atoms with E-state index in [-0.39, 0.29) is 11.4 Å². The van der Waals surface area contributed by atoms with Gasteiger partial charge in [0, 0.05) is 23.1 Å². The summed E-state index contributed by atoms with van der Waals surface area (Å²) in [5, 5.41) is 1.03. The van der Waals surface area contributed by atoms with E-state index < -0.39 is 21.8 Å². The Bertz CT molecular complexity index is 1020. The van der Waals surface area contributed by atoms with E-state index in [9.17, 15) is 21.6 Å². The summed E-state index contributed by atoms with van der Waals surface area (Å²) in [6.07, 6.45) is -4.03. The van der Waals surface area contributed by atoms with Crippen LogP contribution < -0.4 is 4.72 Å². The first kappa shape index (κ1) is 18.5. The van der Waals surface area contributed by atoms with Crippen molar-refractivity contribution in [1.29, 1.82) is 0 Å². The van der Waals surface area contributed by atoms with Crippen molar-refractivity contribution in [3.8, 4) is 0 Å². The molecule has 0 unspecified atom stereocenters. The summed E-state index contributed by atoms with van der Waals surface area (Å²) in [7, 11) is -3.87. The van der Waals surface area contributed by atoms with Crippen LogP contribution in [0.25, 0.3) is 10.9 Å². The van der Waals surface area contributed by atoms with Gasteiger partial charge in [0.1, 0.15) is 0 Å². The minimum absolute atomic E-state index is 0.145. The van der Waals surface area contributed by atoms with Gasteiger partial charge in [-0.15, -0.1) is 0 Å². The average Bonchev–Trinajstić information content (AvgIpc) is 2.90. The van der Waals surface area contributed by atoms with E-state index in [0.717, 1.165) is 46.4 Å². The fraction of sp³-hybridized carbons (Fsp3) is 0.222. The van der Waals surface area contributed by atoms with E-state index in [4.69, 9.17) is 0 Å². The van der Waals surface area contributed by atoms with Crippen LogP contribution >= 0.6 is 0 Å². The number of aryl methyl sites for hydroxylation is 1. The first-order valence-electron chi connectivity index (χ1n) is 7.91. The van der Waals surface area contributed by atoms with Gasteiger partial charge in [-0.1, -0.05) is 18.2 Å². The summed E-state index contributed by atoms with van der Waals surface area (Å²) >= 11 is 0. The van der Waals surface area contributed by atoms with Gasteiger partial charge in [-0.3, -0.25) is 0 Å². The summed E-state index contributed by atoms with van der Waals surface area (Å²) < 4.78 is 64.7. The largest absolute Gasteiger partial charge is 0.416 e. The van der Waals surface area contributed by atoms with E-state index >= 15 is 0 Å². The molecule has 2 N–H and O–H groups in total. The van der Waals surface area contributed by atoms with Crippen LogP contribution in [0.4, 0.5) is 13.2 Å². The van der Waals surface area contributed by atoms with E-state index in [2.05, 4.69) is 9.71 Å². The number of para-hydroxylation sites is 1. The standard InChI is InChI=1S/C18H17F3N2O2S/c1-12-15(16-4-2-3-5-17(16)23-12)10-11-22-26(24,25)14-8-6-13(7-9-14)18(19,20)21/h2-9,22-23H,10-11H2,1H3. The zero-order valence-electron chi connectivity index (χ0n) is 13.9. The number of benzene rings is 2. The molecule has 0 radical (unpaired) electrons. The molecule has 3 rings (SSSR count). The molecule has 1 heterocycles. The zero-order valence-corrected chi connectivity index (χ0v) is 14.7. The fourth-order valence-electron chi connectivity index (χ4n) is 2.87. The summed E-state index contributed by atoms with van der Waals surface area (Å²) in [5.41, 5.74) is 2.06. The minimum Gasteiger partial charge on any atom is -0.358 e. The van der Waals surface area contributed by atoms with Crippen molar-refractivity contribution in [2.45, 2.75) is 24.4 Å². The zero-order chi connectivity index (χ0) is 18.9. The van der Waals surface area contributed by atoms with Gasteiger partial charge in [0.15, 0.2) is 0 Å². The number of rotatable bonds is 5. The summed E-state index contributed by atoms with van der Waals surface area (Å²) in [5.74, 6) is 0. The third-order valence-electron chi connectivity index (χ3n) is 4.19. The second-order valence-electron chi connectivity index (χ2n) is 5.94. The van der Waals surface area contributed by atoms with Crippen LogP contribution in [0.3, 0.4) is 0 Å². The van der Waals surface area contributed by atoms with E-state index in [1.807, 2.05) is 31.2 Å². The molecule has 0 aliphatic rings. The molecule has 138 valence electrons. The van der Waals surface area contributed by atoms with Gasteiger partial charge in [0.05, 0.1) is 10.5 Å². The van der Waals surface area contributed by atoms with Crippen LogP contribution in [-0.2, 0) is 22.6 Å². The van der Waals surface area contributed by atoms with Gasteiger partial charge in [-0.05, 0) is 49.2 Å². The number of nitrogens with one attached hydrogen (secondary N) is 2. The van der Waals surface area contributed by atoms with Crippen LogP contribution in [0.5, 0.6) is 0 Å². The van der Waals surface area contributed by atoms with Crippen molar-refractivity contribution in [1.82, 2.24) is 9.71 Å². The number of aromatic nitrogens is 1. The van der Waals surface area contributed by atoms with Crippen molar-refractivity contribution in [3.63, 3.8) is 0 Å². The Balaban J connectivity index is 1.71. The second kappa shape index (κ2) is 6.77. The maximum absolute atomic E-state index is 12.6. The summed E-state index contributed by atoms with van der Waals surface area (Å²) in [6.45, 7) is 2.06. The van der Waals surface area contributed by atoms with Crippen molar-refractivity contribution < 1.29 is 21.6 Å². The molecule has 0 aliphatic carbocycles. The van der Waals surface area contributed by atoms with Crippen LogP contribution in [0.2, 0.25) is 0 Å². The topological polar surface area (TPSA) is 62.0 Å². The van der Waals surface area contributed by atoms with Crippen molar-refractivity contribution in [2.24, 2.45) is 0 Å². The molecule has 0 saturated heterocycles. The monoisotopic (exact) mass is 382 g/mol. The number of fused-ring (bicyclic) bond motifs is 1. The number of hydrogen-bond donors (Lipinski definition) is 2. The van der Waals surface area contributed by atoms with Gasteiger partial charge < -0.3 is 4.98 Å². The van der Waals surface area contributed by atoms with Gasteiger partial charge in [-0.25, -0.2) is 13.1 Å². The number of sulfonamides is 1. The lowest BCUT2D eigenvalue weighted by Crippen LogP contribution is -2.26. The number of H-pyrrole nitrogens is 1. The molecular weight excluding hydrogens is 365 g/mol. The third-order valence-corrected chi connectivity index (χ3v) is 5.66. The Kier molecular flexibility index (Phi) is 4.81. The van der Waals surface area contributed by atoms with E-state index in [1.54, 1.807) is 0 Å². The minimum atomic E-state index is -4.50. The second-order valence-corrected chi connectivity index (χ2v) is 7.71. The van der Waals surface area contributed by atoms with E-state index in [0.29, 0.717) is 6.42 Å². The van der Waals surface area contributed by atoms with Crippen LogP contribution in [0.15, 0.2) is 53.4 Å². The Morgan fingerprint density at radius 2 is 1.69 bits per heavy atom. The first-order valence-corrected chi connectivity index (χ1v) is 9.40. The lowest BCUT2D eigenvalue weighted by molar-refractivity contribution is -0.137. The maximum Gasteiger partial charge on any atom is 0.416 e. The molecule has 1 aromatic heterocycles. The average molecular weight is 382 g/mol. The highest BCUT2D eigenvalue weighted by Gasteiger charge is 2.30. The quantitative estimate of drug-likeness (QED) is 0.700. The molecule has 0 amide bonds.